The summed E-state index contributed by atoms with van der Waals surface area (Å²) in [5.41, 5.74) is 1.31. The fourth-order valence-electron chi connectivity index (χ4n) is 4.14. The number of halogens is 2. The molecule has 7 nitrogen and oxygen atoms in total. The summed E-state index contributed by atoms with van der Waals surface area (Å²) in [6.45, 7) is 3.78. The molecule has 0 bridgehead atoms. The number of ether oxygens (including phenoxy) is 2. The smallest absolute Gasteiger partial charge is 0.338 e. The van der Waals surface area contributed by atoms with Gasteiger partial charge in [0.25, 0.3) is 5.56 Å². The van der Waals surface area contributed by atoms with Gasteiger partial charge in [-0.1, -0.05) is 53.3 Å². The van der Waals surface area contributed by atoms with Crippen LogP contribution >= 0.6 is 22.9 Å². The number of thiazole rings is 1. The molecule has 38 heavy (non-hydrogen) atoms. The molecule has 0 spiro atoms. The molecule has 0 fully saturated rings. The molecule has 0 amide bonds. The fourth-order valence-corrected chi connectivity index (χ4v) is 5.34. The lowest BCUT2D eigenvalue weighted by Crippen LogP contribution is -2.39. The number of furan rings is 1. The number of allylic oxidation sites excluding steroid dienone is 1. The minimum atomic E-state index is -0.670. The molecule has 4 aromatic rings. The number of rotatable bonds is 7. The molecular formula is C28H22ClFN2O5S. The van der Waals surface area contributed by atoms with Gasteiger partial charge in [0.1, 0.15) is 29.7 Å². The zero-order chi connectivity index (χ0) is 26.8. The van der Waals surface area contributed by atoms with Crippen molar-refractivity contribution in [3.63, 3.8) is 0 Å². The SMILES string of the molecule is CCOC(=O)C1=C(C)N=c2sc(=Cc3ccc(COc4ccc(F)c(Cl)c4)o3)c(=O)n2[C@@H]1c1ccccc1. The summed E-state index contributed by atoms with van der Waals surface area (Å²) >= 11 is 7.01. The van der Waals surface area contributed by atoms with Crippen molar-refractivity contribution in [1.29, 1.82) is 0 Å². The summed E-state index contributed by atoms with van der Waals surface area (Å²) in [7, 11) is 0. The van der Waals surface area contributed by atoms with Crippen molar-refractivity contribution >= 4 is 35.0 Å². The van der Waals surface area contributed by atoms with Crippen molar-refractivity contribution in [2.75, 3.05) is 6.61 Å². The third kappa shape index (κ3) is 5.07. The second-order valence-electron chi connectivity index (χ2n) is 8.38. The van der Waals surface area contributed by atoms with E-state index in [0.29, 0.717) is 37.9 Å². The van der Waals surface area contributed by atoms with E-state index in [1.807, 2.05) is 30.3 Å². The Kier molecular flexibility index (Phi) is 7.31. The number of nitrogens with zero attached hydrogens (tertiary/aromatic N) is 2. The van der Waals surface area contributed by atoms with Gasteiger partial charge in [-0.15, -0.1) is 0 Å². The van der Waals surface area contributed by atoms with Crippen LogP contribution in [0, 0.1) is 5.82 Å². The molecule has 0 unspecified atom stereocenters. The van der Waals surface area contributed by atoms with Crippen LogP contribution in [0.2, 0.25) is 5.02 Å². The van der Waals surface area contributed by atoms with E-state index >= 15 is 0 Å². The first-order valence-corrected chi connectivity index (χ1v) is 13.0. The highest BCUT2D eigenvalue weighted by Gasteiger charge is 2.33. The van der Waals surface area contributed by atoms with Crippen LogP contribution < -0.4 is 19.6 Å². The van der Waals surface area contributed by atoms with Gasteiger partial charge in [0.15, 0.2) is 4.80 Å². The Bertz CT molecular complexity index is 1720. The lowest BCUT2D eigenvalue weighted by molar-refractivity contribution is -0.139. The lowest BCUT2D eigenvalue weighted by atomic mass is 9.96. The normalized spacial score (nSPS) is 15.3. The Morgan fingerprint density at radius 1 is 1.21 bits per heavy atom. The van der Waals surface area contributed by atoms with E-state index in [9.17, 15) is 14.0 Å². The first kappa shape index (κ1) is 25.7. The van der Waals surface area contributed by atoms with Gasteiger partial charge in [-0.05, 0) is 43.7 Å². The molecule has 10 heteroatoms. The van der Waals surface area contributed by atoms with Crippen LogP contribution in [-0.4, -0.2) is 17.1 Å². The zero-order valence-corrected chi connectivity index (χ0v) is 22.0. The summed E-state index contributed by atoms with van der Waals surface area (Å²) in [6, 6.07) is 16.2. The zero-order valence-electron chi connectivity index (χ0n) is 20.4. The van der Waals surface area contributed by atoms with Crippen molar-refractivity contribution < 1.29 is 23.1 Å². The predicted octanol–water partition coefficient (Wildman–Crippen LogP) is 4.76. The highest BCUT2D eigenvalue weighted by Crippen LogP contribution is 2.30. The highest BCUT2D eigenvalue weighted by molar-refractivity contribution is 7.07. The molecule has 0 radical (unpaired) electrons. The highest BCUT2D eigenvalue weighted by atomic mass is 35.5. The number of hydrogen-bond acceptors (Lipinski definition) is 7. The van der Waals surface area contributed by atoms with E-state index in [4.69, 9.17) is 25.5 Å². The van der Waals surface area contributed by atoms with E-state index < -0.39 is 17.8 Å². The Balaban J connectivity index is 1.49. The molecule has 0 saturated heterocycles. The summed E-state index contributed by atoms with van der Waals surface area (Å²) < 4.78 is 32.0. The van der Waals surface area contributed by atoms with Gasteiger partial charge in [0.05, 0.1) is 33.5 Å². The molecule has 2 aromatic carbocycles. The standard InChI is InChI=1S/C28H22ClFN2O5S/c1-3-35-27(34)24-16(2)31-28-32(25(24)17-7-5-4-6-8-17)26(33)23(38-28)14-19-9-10-20(37-19)15-36-18-11-12-22(30)21(29)13-18/h4-14,25H,3,15H2,1-2H3/t25-/m1/s1. The first-order valence-electron chi connectivity index (χ1n) is 11.8. The second kappa shape index (κ2) is 10.8. The van der Waals surface area contributed by atoms with Crippen molar-refractivity contribution in [2.45, 2.75) is 26.5 Å². The average molecular weight is 553 g/mol. The van der Waals surface area contributed by atoms with Crippen molar-refractivity contribution in [3.8, 4) is 5.75 Å². The van der Waals surface area contributed by atoms with Crippen molar-refractivity contribution in [2.24, 2.45) is 4.99 Å². The van der Waals surface area contributed by atoms with Crippen LogP contribution in [0.4, 0.5) is 4.39 Å². The first-order chi connectivity index (χ1) is 18.4. The van der Waals surface area contributed by atoms with Gasteiger partial charge in [-0.2, -0.15) is 0 Å². The Morgan fingerprint density at radius 2 is 2.00 bits per heavy atom. The van der Waals surface area contributed by atoms with E-state index in [2.05, 4.69) is 4.99 Å². The van der Waals surface area contributed by atoms with Gasteiger partial charge in [-0.3, -0.25) is 9.36 Å². The maximum Gasteiger partial charge on any atom is 0.338 e. The van der Waals surface area contributed by atoms with Gasteiger partial charge in [0.2, 0.25) is 0 Å². The molecule has 0 aliphatic carbocycles. The van der Waals surface area contributed by atoms with Crippen LogP contribution in [0.1, 0.15) is 37.0 Å². The Morgan fingerprint density at radius 3 is 2.74 bits per heavy atom. The third-order valence-electron chi connectivity index (χ3n) is 5.86. The second-order valence-corrected chi connectivity index (χ2v) is 9.80. The van der Waals surface area contributed by atoms with Crippen LogP contribution in [0.25, 0.3) is 6.08 Å². The van der Waals surface area contributed by atoms with Crippen LogP contribution in [0.15, 0.2) is 86.1 Å². The van der Waals surface area contributed by atoms with Crippen molar-refractivity contribution in [3.05, 3.63) is 120 Å². The molecule has 1 aliphatic heterocycles. The van der Waals surface area contributed by atoms with Crippen LogP contribution in [0.5, 0.6) is 5.75 Å². The summed E-state index contributed by atoms with van der Waals surface area (Å²) in [4.78, 5) is 31.5. The number of carbonyl (C=O) groups excluding carboxylic acids is 1. The molecule has 194 valence electrons. The summed E-state index contributed by atoms with van der Waals surface area (Å²) in [5.74, 6) is 0.321. The van der Waals surface area contributed by atoms with E-state index in [1.54, 1.807) is 32.1 Å². The maximum atomic E-state index is 13.6. The minimum absolute atomic E-state index is 0.0341. The van der Waals surface area contributed by atoms with Gasteiger partial charge in [0, 0.05) is 12.1 Å². The monoisotopic (exact) mass is 552 g/mol. The number of benzene rings is 2. The number of carbonyl (C=O) groups is 1. The summed E-state index contributed by atoms with van der Waals surface area (Å²) in [5, 5.41) is -0.0341. The minimum Gasteiger partial charge on any atom is -0.486 e. The van der Waals surface area contributed by atoms with Gasteiger partial charge >= 0.3 is 5.97 Å². The van der Waals surface area contributed by atoms with Gasteiger partial charge < -0.3 is 13.9 Å². The molecule has 0 N–H and O–H groups in total. The number of aromatic nitrogens is 1. The predicted molar refractivity (Wildman–Crippen MR) is 141 cm³/mol. The van der Waals surface area contributed by atoms with Crippen molar-refractivity contribution in [1.82, 2.24) is 4.57 Å². The molecule has 0 saturated carbocycles. The quantitative estimate of drug-likeness (QED) is 0.309. The molecule has 3 heterocycles. The molecule has 1 atom stereocenters. The fraction of sp³-hybridized carbons (Fsp3) is 0.179. The summed E-state index contributed by atoms with van der Waals surface area (Å²) in [6.07, 6.45) is 1.63. The van der Waals surface area contributed by atoms with Gasteiger partial charge in [-0.25, -0.2) is 14.2 Å². The Hall–Kier alpha value is -3.95. The molecule has 2 aromatic heterocycles. The topological polar surface area (TPSA) is 83.0 Å². The van der Waals surface area contributed by atoms with E-state index in [1.165, 1.54) is 34.1 Å². The number of fused-ring (bicyclic) bond motifs is 1. The largest absolute Gasteiger partial charge is 0.486 e. The number of esters is 1. The molecule has 1 aliphatic rings. The average Bonchev–Trinajstić information content (AvgIpc) is 3.48. The Labute approximate surface area is 225 Å². The van der Waals surface area contributed by atoms with E-state index in [0.717, 1.165) is 5.56 Å². The third-order valence-corrected chi connectivity index (χ3v) is 7.13. The lowest BCUT2D eigenvalue weighted by Gasteiger charge is -2.24. The van der Waals surface area contributed by atoms with E-state index in [-0.39, 0.29) is 23.8 Å². The van der Waals surface area contributed by atoms with Crippen LogP contribution in [-0.2, 0) is 16.1 Å². The molecule has 5 rings (SSSR count). The number of hydrogen-bond donors (Lipinski definition) is 0. The molecular weight excluding hydrogens is 531 g/mol. The maximum absolute atomic E-state index is 13.6. The van der Waals surface area contributed by atoms with Crippen LogP contribution in [0.3, 0.4) is 0 Å².